The van der Waals surface area contributed by atoms with Crippen LogP contribution in [0.2, 0.25) is 0 Å². The van der Waals surface area contributed by atoms with Crippen LogP contribution < -0.4 is 5.32 Å². The van der Waals surface area contributed by atoms with Crippen molar-refractivity contribution in [2.75, 3.05) is 0 Å². The fraction of sp³-hybridized carbons (Fsp3) is 0.385. The average molecular weight is 261 g/mol. The van der Waals surface area contributed by atoms with Gasteiger partial charge in [-0.25, -0.2) is 4.98 Å². The minimum atomic E-state index is 0.0193. The number of imidazole rings is 1. The molecule has 4 nitrogen and oxygen atoms in total. The third-order valence-electron chi connectivity index (χ3n) is 3.28. The third-order valence-corrected chi connectivity index (χ3v) is 4.37. The maximum atomic E-state index is 12.1. The summed E-state index contributed by atoms with van der Waals surface area (Å²) in [7, 11) is 0. The van der Waals surface area contributed by atoms with E-state index in [0.717, 1.165) is 24.2 Å². The molecule has 2 heterocycles. The number of nitrogens with one attached hydrogen (secondary N) is 2. The molecular weight excluding hydrogens is 246 g/mol. The molecule has 1 amide bonds. The molecule has 18 heavy (non-hydrogen) atoms. The highest BCUT2D eigenvalue weighted by Gasteiger charge is 2.19. The zero-order valence-corrected chi connectivity index (χ0v) is 10.8. The molecular formula is C13H15N3OS. The lowest BCUT2D eigenvalue weighted by Gasteiger charge is -2.12. The third kappa shape index (κ3) is 2.18. The molecule has 0 saturated heterocycles. The molecule has 3 rings (SSSR count). The van der Waals surface area contributed by atoms with E-state index >= 15 is 0 Å². The van der Waals surface area contributed by atoms with Crippen LogP contribution in [0.4, 0.5) is 0 Å². The van der Waals surface area contributed by atoms with Crippen LogP contribution in [0.15, 0.2) is 17.8 Å². The first-order valence-electron chi connectivity index (χ1n) is 6.20. The molecule has 0 fully saturated rings. The van der Waals surface area contributed by atoms with Gasteiger partial charge in [0.2, 0.25) is 0 Å². The van der Waals surface area contributed by atoms with Crippen molar-refractivity contribution in [1.29, 1.82) is 0 Å². The van der Waals surface area contributed by atoms with Gasteiger partial charge in [-0.3, -0.25) is 4.79 Å². The van der Waals surface area contributed by atoms with Crippen molar-refractivity contribution in [2.45, 2.75) is 32.2 Å². The summed E-state index contributed by atoms with van der Waals surface area (Å²) in [6.07, 6.45) is 8.07. The number of rotatable bonds is 3. The molecule has 0 bridgehead atoms. The number of hydrogen-bond donors (Lipinski definition) is 2. The molecule has 2 aromatic heterocycles. The summed E-state index contributed by atoms with van der Waals surface area (Å²) >= 11 is 1.72. The second-order valence-electron chi connectivity index (χ2n) is 4.48. The zero-order chi connectivity index (χ0) is 12.4. The van der Waals surface area contributed by atoms with Crippen LogP contribution in [0, 0.1) is 0 Å². The molecule has 2 N–H and O–H groups in total. The van der Waals surface area contributed by atoms with Crippen molar-refractivity contribution in [3.05, 3.63) is 39.6 Å². The van der Waals surface area contributed by atoms with Crippen molar-refractivity contribution in [2.24, 2.45) is 0 Å². The zero-order valence-electron chi connectivity index (χ0n) is 10.0. The molecule has 0 saturated carbocycles. The highest BCUT2D eigenvalue weighted by molar-refractivity contribution is 7.10. The molecule has 1 aliphatic rings. The van der Waals surface area contributed by atoms with E-state index in [4.69, 9.17) is 0 Å². The molecule has 2 aromatic rings. The standard InChI is InChI=1S/C13H15N3OS/c17-13(16-7-12-14-5-6-15-12)10-8-18-11-4-2-1-3-9(10)11/h5-6,8H,1-4,7H2,(H,14,15)(H,16,17). The lowest BCUT2D eigenvalue weighted by atomic mass is 9.96. The predicted octanol–water partition coefficient (Wildman–Crippen LogP) is 2.28. The molecule has 0 radical (unpaired) electrons. The van der Waals surface area contributed by atoms with Gasteiger partial charge < -0.3 is 10.3 Å². The van der Waals surface area contributed by atoms with E-state index in [1.165, 1.54) is 23.3 Å². The molecule has 0 unspecified atom stereocenters. The number of aryl methyl sites for hydroxylation is 1. The number of H-pyrrole nitrogens is 1. The van der Waals surface area contributed by atoms with Gasteiger partial charge in [0.1, 0.15) is 5.82 Å². The second kappa shape index (κ2) is 4.94. The van der Waals surface area contributed by atoms with E-state index in [1.807, 2.05) is 5.38 Å². The van der Waals surface area contributed by atoms with Gasteiger partial charge in [-0.15, -0.1) is 11.3 Å². The Morgan fingerprint density at radius 1 is 1.44 bits per heavy atom. The van der Waals surface area contributed by atoms with Crippen LogP contribution in [0.25, 0.3) is 0 Å². The topological polar surface area (TPSA) is 57.8 Å². The van der Waals surface area contributed by atoms with E-state index in [-0.39, 0.29) is 5.91 Å². The van der Waals surface area contributed by atoms with Gasteiger partial charge in [-0.1, -0.05) is 0 Å². The van der Waals surface area contributed by atoms with Crippen molar-refractivity contribution in [3.63, 3.8) is 0 Å². The van der Waals surface area contributed by atoms with Gasteiger partial charge in [0.15, 0.2) is 0 Å². The first-order chi connectivity index (χ1) is 8.84. The van der Waals surface area contributed by atoms with Crippen molar-refractivity contribution < 1.29 is 4.79 Å². The van der Waals surface area contributed by atoms with Crippen LogP contribution in [0.1, 0.15) is 39.5 Å². The summed E-state index contributed by atoms with van der Waals surface area (Å²) in [4.78, 5) is 20.6. The minimum Gasteiger partial charge on any atom is -0.347 e. The van der Waals surface area contributed by atoms with Crippen molar-refractivity contribution in [3.8, 4) is 0 Å². The number of carbonyl (C=O) groups is 1. The molecule has 94 valence electrons. The summed E-state index contributed by atoms with van der Waals surface area (Å²) < 4.78 is 0. The maximum absolute atomic E-state index is 12.1. The Bertz CT molecular complexity index is 545. The Balaban J connectivity index is 1.70. The SMILES string of the molecule is O=C(NCc1ncc[nH]1)c1csc2c1CCCC2. The summed E-state index contributed by atoms with van der Waals surface area (Å²) in [6, 6.07) is 0. The highest BCUT2D eigenvalue weighted by Crippen LogP contribution is 2.30. The maximum Gasteiger partial charge on any atom is 0.252 e. The van der Waals surface area contributed by atoms with Gasteiger partial charge in [0.25, 0.3) is 5.91 Å². The number of amides is 1. The Morgan fingerprint density at radius 2 is 2.33 bits per heavy atom. The van der Waals surface area contributed by atoms with Crippen LogP contribution in [0.3, 0.4) is 0 Å². The van der Waals surface area contributed by atoms with E-state index < -0.39 is 0 Å². The van der Waals surface area contributed by atoms with Gasteiger partial charge in [0, 0.05) is 22.7 Å². The number of aromatic nitrogens is 2. The lowest BCUT2D eigenvalue weighted by molar-refractivity contribution is 0.0949. The van der Waals surface area contributed by atoms with Gasteiger partial charge in [0.05, 0.1) is 12.1 Å². The molecule has 1 aliphatic carbocycles. The monoisotopic (exact) mass is 261 g/mol. The molecule has 5 heteroatoms. The van der Waals surface area contributed by atoms with E-state index in [0.29, 0.717) is 6.54 Å². The molecule has 0 aromatic carbocycles. The van der Waals surface area contributed by atoms with Crippen molar-refractivity contribution >= 4 is 17.2 Å². The highest BCUT2D eigenvalue weighted by atomic mass is 32.1. The van der Waals surface area contributed by atoms with Crippen molar-refractivity contribution in [1.82, 2.24) is 15.3 Å². The van der Waals surface area contributed by atoms with Crippen LogP contribution in [-0.4, -0.2) is 15.9 Å². The average Bonchev–Trinajstić information content (AvgIpc) is 3.05. The van der Waals surface area contributed by atoms with Crippen LogP contribution in [0.5, 0.6) is 0 Å². The number of aromatic amines is 1. The molecule has 0 atom stereocenters. The number of fused-ring (bicyclic) bond motifs is 1. The van der Waals surface area contributed by atoms with Gasteiger partial charge in [-0.2, -0.15) is 0 Å². The van der Waals surface area contributed by atoms with E-state index in [9.17, 15) is 4.79 Å². The number of thiophene rings is 1. The van der Waals surface area contributed by atoms with Gasteiger partial charge in [-0.05, 0) is 31.2 Å². The minimum absolute atomic E-state index is 0.0193. The summed E-state index contributed by atoms with van der Waals surface area (Å²) in [5.74, 6) is 0.804. The van der Waals surface area contributed by atoms with E-state index in [1.54, 1.807) is 23.7 Å². The second-order valence-corrected chi connectivity index (χ2v) is 5.44. The number of nitrogens with zero attached hydrogens (tertiary/aromatic N) is 1. The fourth-order valence-corrected chi connectivity index (χ4v) is 3.46. The number of hydrogen-bond acceptors (Lipinski definition) is 3. The first-order valence-corrected chi connectivity index (χ1v) is 7.08. The summed E-state index contributed by atoms with van der Waals surface area (Å²) in [6.45, 7) is 0.455. The molecule has 0 aliphatic heterocycles. The Labute approximate surface area is 109 Å². The fourth-order valence-electron chi connectivity index (χ4n) is 2.34. The predicted molar refractivity (Wildman–Crippen MR) is 70.7 cm³/mol. The molecule has 0 spiro atoms. The smallest absolute Gasteiger partial charge is 0.252 e. The van der Waals surface area contributed by atoms with Gasteiger partial charge >= 0.3 is 0 Å². The van der Waals surface area contributed by atoms with E-state index in [2.05, 4.69) is 15.3 Å². The summed E-state index contributed by atoms with van der Waals surface area (Å²) in [5, 5.41) is 4.91. The quantitative estimate of drug-likeness (QED) is 0.890. The number of carbonyl (C=O) groups excluding carboxylic acids is 1. The lowest BCUT2D eigenvalue weighted by Crippen LogP contribution is -2.24. The largest absolute Gasteiger partial charge is 0.347 e. The normalized spacial score (nSPS) is 14.2. The Hall–Kier alpha value is -1.62. The Kier molecular flexibility index (Phi) is 3.15. The summed E-state index contributed by atoms with van der Waals surface area (Å²) in [5.41, 5.74) is 2.13. The van der Waals surface area contributed by atoms with Crippen LogP contribution in [-0.2, 0) is 19.4 Å². The van der Waals surface area contributed by atoms with Crippen LogP contribution >= 0.6 is 11.3 Å². The Morgan fingerprint density at radius 3 is 3.17 bits per heavy atom. The first kappa shape index (κ1) is 11.5.